The summed E-state index contributed by atoms with van der Waals surface area (Å²) in [7, 11) is 0. The molecule has 1 fully saturated rings. The molecule has 0 radical (unpaired) electrons. The van der Waals surface area contributed by atoms with Crippen molar-refractivity contribution in [2.75, 3.05) is 18.0 Å². The Labute approximate surface area is 182 Å². The minimum absolute atomic E-state index is 0.0667. The smallest absolute Gasteiger partial charge is 0.271 e. The van der Waals surface area contributed by atoms with Gasteiger partial charge in [-0.3, -0.25) is 9.59 Å². The van der Waals surface area contributed by atoms with Crippen molar-refractivity contribution in [3.05, 3.63) is 88.2 Å². The van der Waals surface area contributed by atoms with E-state index in [9.17, 15) is 9.59 Å². The standard InChI is InChI=1S/C25H28N4O2/c1-2-19-10-12-22(13-11-19)29-24(30)15-14-23(27-29)28-16-6-9-21(18-28)25(31)26-17-20-7-4-3-5-8-20/h3-5,7-8,10-15,21H,2,6,9,16-18H2,1H3,(H,26,31). The number of hydrogen-bond acceptors (Lipinski definition) is 4. The molecule has 2 aromatic carbocycles. The van der Waals surface area contributed by atoms with Gasteiger partial charge in [0, 0.05) is 25.7 Å². The van der Waals surface area contributed by atoms with Crippen LogP contribution in [0, 0.1) is 5.92 Å². The van der Waals surface area contributed by atoms with Crippen LogP contribution in [0.5, 0.6) is 0 Å². The molecule has 31 heavy (non-hydrogen) atoms. The van der Waals surface area contributed by atoms with Gasteiger partial charge >= 0.3 is 0 Å². The first-order chi connectivity index (χ1) is 15.1. The van der Waals surface area contributed by atoms with Gasteiger partial charge in [-0.05, 0) is 48.6 Å². The van der Waals surface area contributed by atoms with E-state index in [0.29, 0.717) is 13.1 Å². The monoisotopic (exact) mass is 416 g/mol. The van der Waals surface area contributed by atoms with Crippen molar-refractivity contribution in [3.63, 3.8) is 0 Å². The molecule has 1 amide bonds. The summed E-state index contributed by atoms with van der Waals surface area (Å²) in [5.74, 6) is 0.695. The Kier molecular flexibility index (Phi) is 6.46. The number of nitrogens with one attached hydrogen (secondary N) is 1. The Morgan fingerprint density at radius 2 is 1.81 bits per heavy atom. The Bertz CT molecular complexity index is 1080. The summed E-state index contributed by atoms with van der Waals surface area (Å²) in [6, 6.07) is 21.1. The van der Waals surface area contributed by atoms with Crippen molar-refractivity contribution in [3.8, 4) is 5.69 Å². The first kappa shape index (κ1) is 20.8. The number of carbonyl (C=O) groups excluding carboxylic acids is 1. The van der Waals surface area contributed by atoms with Crippen LogP contribution in [-0.4, -0.2) is 28.8 Å². The average molecular weight is 417 g/mol. The fourth-order valence-electron chi connectivity index (χ4n) is 3.96. The van der Waals surface area contributed by atoms with Gasteiger partial charge < -0.3 is 10.2 Å². The number of carbonyl (C=O) groups is 1. The molecule has 1 aromatic heterocycles. The highest BCUT2D eigenvalue weighted by molar-refractivity contribution is 5.79. The van der Waals surface area contributed by atoms with Crippen molar-refractivity contribution >= 4 is 11.7 Å². The highest BCUT2D eigenvalue weighted by Crippen LogP contribution is 2.22. The van der Waals surface area contributed by atoms with Gasteiger partial charge in [0.2, 0.25) is 5.91 Å². The van der Waals surface area contributed by atoms with E-state index in [4.69, 9.17) is 0 Å². The molecule has 1 saturated heterocycles. The molecular formula is C25H28N4O2. The zero-order chi connectivity index (χ0) is 21.6. The summed E-state index contributed by atoms with van der Waals surface area (Å²) >= 11 is 0. The first-order valence-electron chi connectivity index (χ1n) is 10.9. The van der Waals surface area contributed by atoms with E-state index in [-0.39, 0.29) is 17.4 Å². The van der Waals surface area contributed by atoms with Gasteiger partial charge in [0.05, 0.1) is 11.6 Å². The van der Waals surface area contributed by atoms with E-state index in [1.54, 1.807) is 12.1 Å². The number of piperidine rings is 1. The predicted octanol–water partition coefficient (Wildman–Crippen LogP) is 3.33. The maximum atomic E-state index is 12.7. The molecule has 1 aliphatic rings. The lowest BCUT2D eigenvalue weighted by atomic mass is 9.97. The lowest BCUT2D eigenvalue weighted by molar-refractivity contribution is -0.125. The van der Waals surface area contributed by atoms with Crippen molar-refractivity contribution in [1.82, 2.24) is 15.1 Å². The summed E-state index contributed by atoms with van der Waals surface area (Å²) in [5, 5.41) is 7.66. The number of nitrogens with zero attached hydrogens (tertiary/aromatic N) is 3. The van der Waals surface area contributed by atoms with Crippen molar-refractivity contribution in [2.24, 2.45) is 5.92 Å². The van der Waals surface area contributed by atoms with E-state index in [0.717, 1.165) is 42.9 Å². The number of aromatic nitrogens is 2. The normalized spacial score (nSPS) is 16.2. The Morgan fingerprint density at radius 1 is 1.03 bits per heavy atom. The van der Waals surface area contributed by atoms with Crippen LogP contribution in [0.1, 0.15) is 30.9 Å². The van der Waals surface area contributed by atoms with Crippen LogP contribution < -0.4 is 15.8 Å². The summed E-state index contributed by atoms with van der Waals surface area (Å²) in [6.45, 7) is 4.05. The highest BCUT2D eigenvalue weighted by atomic mass is 16.2. The molecule has 0 saturated carbocycles. The van der Waals surface area contributed by atoms with Gasteiger partial charge in [0.15, 0.2) is 0 Å². The third-order valence-corrected chi connectivity index (χ3v) is 5.80. The van der Waals surface area contributed by atoms with Gasteiger partial charge in [-0.2, -0.15) is 4.68 Å². The molecule has 1 aliphatic heterocycles. The lowest BCUT2D eigenvalue weighted by Crippen LogP contribution is -2.43. The summed E-state index contributed by atoms with van der Waals surface area (Å²) in [5.41, 5.74) is 2.89. The fraction of sp³-hybridized carbons (Fsp3) is 0.320. The van der Waals surface area contributed by atoms with Gasteiger partial charge in [0.1, 0.15) is 5.82 Å². The van der Waals surface area contributed by atoms with Crippen LogP contribution in [0.25, 0.3) is 5.69 Å². The second-order valence-corrected chi connectivity index (χ2v) is 7.95. The molecular weight excluding hydrogens is 388 g/mol. The Balaban J connectivity index is 1.46. The molecule has 6 heteroatoms. The summed E-state index contributed by atoms with van der Waals surface area (Å²) < 4.78 is 1.44. The van der Waals surface area contributed by atoms with Crippen LogP contribution in [-0.2, 0) is 17.8 Å². The molecule has 0 aliphatic carbocycles. The van der Waals surface area contributed by atoms with Crippen LogP contribution in [0.2, 0.25) is 0 Å². The van der Waals surface area contributed by atoms with Gasteiger partial charge in [-0.1, -0.05) is 49.4 Å². The third kappa shape index (κ3) is 5.02. The van der Waals surface area contributed by atoms with Crippen LogP contribution in [0.3, 0.4) is 0 Å². The maximum Gasteiger partial charge on any atom is 0.271 e. The predicted molar refractivity (Wildman–Crippen MR) is 122 cm³/mol. The summed E-state index contributed by atoms with van der Waals surface area (Å²) in [4.78, 5) is 27.3. The molecule has 0 spiro atoms. The van der Waals surface area contributed by atoms with E-state index in [1.807, 2.05) is 54.6 Å². The van der Waals surface area contributed by atoms with Crippen molar-refractivity contribution in [1.29, 1.82) is 0 Å². The zero-order valence-electron chi connectivity index (χ0n) is 17.8. The lowest BCUT2D eigenvalue weighted by Gasteiger charge is -2.33. The van der Waals surface area contributed by atoms with Crippen LogP contribution in [0.4, 0.5) is 5.82 Å². The fourth-order valence-corrected chi connectivity index (χ4v) is 3.96. The summed E-state index contributed by atoms with van der Waals surface area (Å²) in [6.07, 6.45) is 2.72. The third-order valence-electron chi connectivity index (χ3n) is 5.80. The second kappa shape index (κ2) is 9.60. The molecule has 160 valence electrons. The van der Waals surface area contributed by atoms with E-state index < -0.39 is 0 Å². The second-order valence-electron chi connectivity index (χ2n) is 7.95. The SMILES string of the molecule is CCc1ccc(-n2nc(N3CCCC(C(=O)NCc4ccccc4)C3)ccc2=O)cc1. The number of benzene rings is 2. The molecule has 1 unspecified atom stereocenters. The quantitative estimate of drug-likeness (QED) is 0.669. The minimum atomic E-state index is -0.165. The number of anilines is 1. The van der Waals surface area contributed by atoms with Gasteiger partial charge in [-0.25, -0.2) is 0 Å². The van der Waals surface area contributed by atoms with Crippen molar-refractivity contribution in [2.45, 2.75) is 32.7 Å². The molecule has 6 nitrogen and oxygen atoms in total. The van der Waals surface area contributed by atoms with E-state index >= 15 is 0 Å². The topological polar surface area (TPSA) is 67.2 Å². The maximum absolute atomic E-state index is 12.7. The Morgan fingerprint density at radius 3 is 2.55 bits per heavy atom. The number of aryl methyl sites for hydroxylation is 1. The minimum Gasteiger partial charge on any atom is -0.354 e. The average Bonchev–Trinajstić information content (AvgIpc) is 2.83. The highest BCUT2D eigenvalue weighted by Gasteiger charge is 2.26. The van der Waals surface area contributed by atoms with E-state index in [1.165, 1.54) is 10.2 Å². The Hall–Kier alpha value is -3.41. The molecule has 3 aromatic rings. The molecule has 1 atom stereocenters. The molecule has 2 heterocycles. The number of hydrogen-bond donors (Lipinski definition) is 1. The van der Waals surface area contributed by atoms with Crippen LogP contribution >= 0.6 is 0 Å². The van der Waals surface area contributed by atoms with Gasteiger partial charge in [-0.15, -0.1) is 5.10 Å². The number of amides is 1. The first-order valence-corrected chi connectivity index (χ1v) is 10.9. The number of rotatable bonds is 6. The van der Waals surface area contributed by atoms with E-state index in [2.05, 4.69) is 22.2 Å². The van der Waals surface area contributed by atoms with Crippen molar-refractivity contribution < 1.29 is 4.79 Å². The molecule has 0 bridgehead atoms. The zero-order valence-corrected chi connectivity index (χ0v) is 17.8. The largest absolute Gasteiger partial charge is 0.354 e. The molecule has 4 rings (SSSR count). The molecule has 1 N–H and O–H groups in total. The van der Waals surface area contributed by atoms with Crippen LogP contribution in [0.15, 0.2) is 71.5 Å². The van der Waals surface area contributed by atoms with Gasteiger partial charge in [0.25, 0.3) is 5.56 Å².